The summed E-state index contributed by atoms with van der Waals surface area (Å²) in [5.74, 6) is 0.607. The summed E-state index contributed by atoms with van der Waals surface area (Å²) in [6.07, 6.45) is 9.29. The standard InChI is InChI=1S/C16H24N2O2S/c1-13-7-8-16(18-11-13)21(20)12-15(19)17-10-9-14-5-3-2-4-6-14/h7-8,11,14H,2-6,9-10,12H2,1H3,(H,17,19)/t21-/m1/s1. The van der Waals surface area contributed by atoms with Crippen molar-refractivity contribution in [3.63, 3.8) is 0 Å². The molecule has 1 fully saturated rings. The van der Waals surface area contributed by atoms with Crippen LogP contribution < -0.4 is 5.32 Å². The van der Waals surface area contributed by atoms with E-state index in [0.29, 0.717) is 11.6 Å². The Bertz CT molecular complexity index is 482. The molecule has 0 aromatic carbocycles. The number of rotatable bonds is 6. The lowest BCUT2D eigenvalue weighted by Crippen LogP contribution is -2.30. The Morgan fingerprint density at radius 1 is 1.33 bits per heavy atom. The van der Waals surface area contributed by atoms with Crippen molar-refractivity contribution in [3.05, 3.63) is 23.9 Å². The van der Waals surface area contributed by atoms with Crippen molar-refractivity contribution < 1.29 is 9.00 Å². The van der Waals surface area contributed by atoms with Gasteiger partial charge in [0.2, 0.25) is 5.91 Å². The van der Waals surface area contributed by atoms with Gasteiger partial charge in [0.15, 0.2) is 0 Å². The molecule has 2 rings (SSSR count). The van der Waals surface area contributed by atoms with Crippen molar-refractivity contribution in [2.45, 2.75) is 50.5 Å². The zero-order valence-electron chi connectivity index (χ0n) is 12.6. The molecule has 0 aliphatic heterocycles. The zero-order chi connectivity index (χ0) is 15.1. The average Bonchev–Trinajstić information content (AvgIpc) is 2.49. The molecule has 1 N–H and O–H groups in total. The van der Waals surface area contributed by atoms with Crippen LogP contribution in [0.4, 0.5) is 0 Å². The van der Waals surface area contributed by atoms with Crippen molar-refractivity contribution in [1.82, 2.24) is 10.3 Å². The molecule has 21 heavy (non-hydrogen) atoms. The fourth-order valence-corrected chi connectivity index (χ4v) is 3.60. The fourth-order valence-electron chi connectivity index (χ4n) is 2.72. The van der Waals surface area contributed by atoms with Crippen LogP contribution in [-0.2, 0) is 15.6 Å². The number of hydrogen-bond acceptors (Lipinski definition) is 3. The lowest BCUT2D eigenvalue weighted by molar-refractivity contribution is -0.118. The Morgan fingerprint density at radius 2 is 2.10 bits per heavy atom. The van der Waals surface area contributed by atoms with Gasteiger partial charge in [0, 0.05) is 12.7 Å². The highest BCUT2D eigenvalue weighted by atomic mass is 32.2. The highest BCUT2D eigenvalue weighted by Crippen LogP contribution is 2.25. The first-order valence-corrected chi connectivity index (χ1v) is 9.05. The molecule has 1 aromatic heterocycles. The molecule has 116 valence electrons. The minimum atomic E-state index is -1.35. The SMILES string of the molecule is Cc1ccc([S@](=O)CC(=O)NCCC2CCCCC2)nc1. The van der Waals surface area contributed by atoms with Crippen molar-refractivity contribution in [2.24, 2.45) is 5.92 Å². The van der Waals surface area contributed by atoms with E-state index >= 15 is 0 Å². The van der Waals surface area contributed by atoms with Gasteiger partial charge < -0.3 is 5.32 Å². The van der Waals surface area contributed by atoms with Gasteiger partial charge in [-0.3, -0.25) is 9.00 Å². The monoisotopic (exact) mass is 308 g/mol. The van der Waals surface area contributed by atoms with E-state index in [-0.39, 0.29) is 11.7 Å². The molecule has 0 bridgehead atoms. The molecule has 0 saturated heterocycles. The normalized spacial score (nSPS) is 17.4. The van der Waals surface area contributed by atoms with Crippen LogP contribution in [0.1, 0.15) is 44.1 Å². The smallest absolute Gasteiger partial charge is 0.233 e. The molecule has 0 radical (unpaired) electrons. The van der Waals surface area contributed by atoms with E-state index in [4.69, 9.17) is 0 Å². The zero-order valence-corrected chi connectivity index (χ0v) is 13.5. The molecular weight excluding hydrogens is 284 g/mol. The first kappa shape index (κ1) is 16.1. The van der Waals surface area contributed by atoms with Gasteiger partial charge in [-0.1, -0.05) is 38.2 Å². The van der Waals surface area contributed by atoms with Crippen molar-refractivity contribution in [1.29, 1.82) is 0 Å². The molecule has 5 heteroatoms. The minimum Gasteiger partial charge on any atom is -0.355 e. The number of pyridine rings is 1. The van der Waals surface area contributed by atoms with Crippen LogP contribution in [0.5, 0.6) is 0 Å². The maximum Gasteiger partial charge on any atom is 0.233 e. The van der Waals surface area contributed by atoms with Crippen LogP contribution in [-0.4, -0.2) is 27.4 Å². The van der Waals surface area contributed by atoms with Gasteiger partial charge in [0.05, 0.1) is 10.8 Å². The highest BCUT2D eigenvalue weighted by molar-refractivity contribution is 7.85. The van der Waals surface area contributed by atoms with E-state index in [9.17, 15) is 9.00 Å². The summed E-state index contributed by atoms with van der Waals surface area (Å²) in [7, 11) is -1.35. The lowest BCUT2D eigenvalue weighted by atomic mass is 9.87. The first-order valence-electron chi connectivity index (χ1n) is 7.73. The number of nitrogens with one attached hydrogen (secondary N) is 1. The van der Waals surface area contributed by atoms with Gasteiger partial charge in [-0.25, -0.2) is 4.98 Å². The summed E-state index contributed by atoms with van der Waals surface area (Å²) >= 11 is 0. The van der Waals surface area contributed by atoms with Crippen LogP contribution in [0.15, 0.2) is 23.4 Å². The number of amides is 1. The fraction of sp³-hybridized carbons (Fsp3) is 0.625. The lowest BCUT2D eigenvalue weighted by Gasteiger charge is -2.21. The van der Waals surface area contributed by atoms with Crippen LogP contribution in [0.25, 0.3) is 0 Å². The van der Waals surface area contributed by atoms with Gasteiger partial charge in [0.1, 0.15) is 10.8 Å². The number of aromatic nitrogens is 1. The average molecular weight is 308 g/mol. The van der Waals surface area contributed by atoms with Crippen LogP contribution in [0.2, 0.25) is 0 Å². The van der Waals surface area contributed by atoms with Gasteiger partial charge in [-0.2, -0.15) is 0 Å². The number of carbonyl (C=O) groups excluding carboxylic acids is 1. The third-order valence-electron chi connectivity index (χ3n) is 3.98. The van der Waals surface area contributed by atoms with E-state index in [2.05, 4.69) is 10.3 Å². The molecule has 0 unspecified atom stereocenters. The van der Waals surface area contributed by atoms with Gasteiger partial charge in [-0.15, -0.1) is 0 Å². The van der Waals surface area contributed by atoms with Gasteiger partial charge in [0.25, 0.3) is 0 Å². The van der Waals surface area contributed by atoms with Crippen molar-refractivity contribution >= 4 is 16.7 Å². The minimum absolute atomic E-state index is 0.000722. The number of aryl methyl sites for hydroxylation is 1. The topological polar surface area (TPSA) is 59.1 Å². The predicted molar refractivity (Wildman–Crippen MR) is 84.5 cm³/mol. The summed E-state index contributed by atoms with van der Waals surface area (Å²) in [6.45, 7) is 2.62. The largest absolute Gasteiger partial charge is 0.355 e. The molecule has 1 atom stereocenters. The second-order valence-electron chi connectivity index (χ2n) is 5.81. The predicted octanol–water partition coefficient (Wildman–Crippen LogP) is 2.58. The molecular formula is C16H24N2O2S. The summed E-state index contributed by atoms with van der Waals surface area (Å²) in [5.41, 5.74) is 1.02. The number of nitrogens with zero attached hydrogens (tertiary/aromatic N) is 1. The quantitative estimate of drug-likeness (QED) is 0.878. The molecule has 1 heterocycles. The van der Waals surface area contributed by atoms with E-state index in [1.165, 1.54) is 32.1 Å². The van der Waals surface area contributed by atoms with Gasteiger partial charge >= 0.3 is 0 Å². The highest BCUT2D eigenvalue weighted by Gasteiger charge is 2.14. The maximum absolute atomic E-state index is 12.0. The number of hydrogen-bond donors (Lipinski definition) is 1. The van der Waals surface area contributed by atoms with Crippen LogP contribution in [0, 0.1) is 12.8 Å². The molecule has 1 aliphatic rings. The van der Waals surface area contributed by atoms with E-state index in [1.807, 2.05) is 13.0 Å². The Labute approximate surface area is 129 Å². The van der Waals surface area contributed by atoms with Crippen molar-refractivity contribution in [2.75, 3.05) is 12.3 Å². The van der Waals surface area contributed by atoms with E-state index in [1.54, 1.807) is 12.3 Å². The second kappa shape index (κ2) is 8.27. The maximum atomic E-state index is 12.0. The Hall–Kier alpha value is -1.23. The molecule has 4 nitrogen and oxygen atoms in total. The number of carbonyl (C=O) groups is 1. The van der Waals surface area contributed by atoms with Gasteiger partial charge in [-0.05, 0) is 30.9 Å². The third kappa shape index (κ3) is 5.58. The summed E-state index contributed by atoms with van der Waals surface area (Å²) in [6, 6.07) is 3.59. The summed E-state index contributed by atoms with van der Waals surface area (Å²) in [5, 5.41) is 3.36. The second-order valence-corrected chi connectivity index (χ2v) is 7.20. The Kier molecular flexibility index (Phi) is 6.36. The molecule has 1 amide bonds. The summed E-state index contributed by atoms with van der Waals surface area (Å²) in [4.78, 5) is 15.9. The van der Waals surface area contributed by atoms with E-state index < -0.39 is 10.8 Å². The summed E-state index contributed by atoms with van der Waals surface area (Å²) < 4.78 is 12.0. The molecule has 1 saturated carbocycles. The Morgan fingerprint density at radius 3 is 2.76 bits per heavy atom. The molecule has 1 aliphatic carbocycles. The Balaban J connectivity index is 1.68. The van der Waals surface area contributed by atoms with Crippen LogP contribution >= 0.6 is 0 Å². The third-order valence-corrected chi connectivity index (χ3v) is 5.21. The molecule has 1 aromatic rings. The van der Waals surface area contributed by atoms with E-state index in [0.717, 1.165) is 17.9 Å². The van der Waals surface area contributed by atoms with Crippen LogP contribution in [0.3, 0.4) is 0 Å². The van der Waals surface area contributed by atoms with Crippen molar-refractivity contribution in [3.8, 4) is 0 Å². The molecule has 0 spiro atoms. The first-order chi connectivity index (χ1) is 10.1.